The number of aromatic nitrogens is 3. The Kier molecular flexibility index (Phi) is 8.87. The number of nitrogens with zero attached hydrogens (tertiary/aromatic N) is 3. The van der Waals surface area contributed by atoms with Crippen molar-refractivity contribution in [3.63, 3.8) is 0 Å². The average molecular weight is 509 g/mol. The third-order valence-corrected chi connectivity index (χ3v) is 5.87. The van der Waals surface area contributed by atoms with Crippen molar-refractivity contribution in [3.05, 3.63) is 64.9 Å². The fraction of sp³-hybridized carbons (Fsp3) is 0.227. The molecule has 1 heterocycles. The first-order chi connectivity index (χ1) is 15.9. The Morgan fingerprint density at radius 3 is 2.67 bits per heavy atom. The van der Waals surface area contributed by atoms with E-state index >= 15 is 0 Å². The van der Waals surface area contributed by atoms with Crippen LogP contribution in [0.15, 0.2) is 54.2 Å². The van der Waals surface area contributed by atoms with Gasteiger partial charge in [-0.2, -0.15) is 0 Å². The summed E-state index contributed by atoms with van der Waals surface area (Å²) in [7, 11) is 3.09. The largest absolute Gasteiger partial charge is 0.497 e. The SMILES string of the molecule is C=CCn1c(COc2ccc(Cl)cc2Cl)nnc1SCC(=O)Nc1ccc(OC)cc1OC. The number of hydrogen-bond acceptors (Lipinski definition) is 7. The van der Waals surface area contributed by atoms with Crippen molar-refractivity contribution in [3.8, 4) is 17.2 Å². The van der Waals surface area contributed by atoms with Crippen LogP contribution in [0.25, 0.3) is 0 Å². The van der Waals surface area contributed by atoms with E-state index in [9.17, 15) is 4.79 Å². The number of thioether (sulfide) groups is 1. The molecule has 0 saturated heterocycles. The van der Waals surface area contributed by atoms with Crippen LogP contribution in [0.3, 0.4) is 0 Å². The molecule has 11 heteroatoms. The van der Waals surface area contributed by atoms with E-state index in [2.05, 4.69) is 22.1 Å². The first-order valence-corrected chi connectivity index (χ1v) is 11.4. The number of rotatable bonds is 11. The summed E-state index contributed by atoms with van der Waals surface area (Å²) in [5, 5.41) is 12.7. The minimum absolute atomic E-state index is 0.119. The van der Waals surface area contributed by atoms with E-state index in [-0.39, 0.29) is 18.3 Å². The number of hydrogen-bond donors (Lipinski definition) is 1. The molecule has 3 rings (SSSR count). The summed E-state index contributed by atoms with van der Waals surface area (Å²) >= 11 is 13.3. The predicted molar refractivity (Wildman–Crippen MR) is 130 cm³/mol. The fourth-order valence-electron chi connectivity index (χ4n) is 2.80. The number of amides is 1. The van der Waals surface area contributed by atoms with Crippen molar-refractivity contribution < 1.29 is 19.0 Å². The zero-order chi connectivity index (χ0) is 23.8. The topological polar surface area (TPSA) is 87.5 Å². The number of ether oxygens (including phenoxy) is 3. The van der Waals surface area contributed by atoms with E-state index in [1.54, 1.807) is 49.6 Å². The zero-order valence-corrected chi connectivity index (χ0v) is 20.3. The second-order valence-corrected chi connectivity index (χ2v) is 8.35. The second kappa shape index (κ2) is 11.8. The maximum absolute atomic E-state index is 12.5. The number of anilines is 1. The molecular weight excluding hydrogens is 487 g/mol. The molecule has 0 bridgehead atoms. The molecule has 0 unspecified atom stereocenters. The molecule has 0 atom stereocenters. The summed E-state index contributed by atoms with van der Waals surface area (Å²) < 4.78 is 18.1. The summed E-state index contributed by atoms with van der Waals surface area (Å²) in [5.41, 5.74) is 0.547. The number of carbonyl (C=O) groups excluding carboxylic acids is 1. The number of allylic oxidation sites excluding steroid dienone is 1. The molecule has 0 aliphatic rings. The van der Waals surface area contributed by atoms with Crippen LogP contribution >= 0.6 is 35.0 Å². The van der Waals surface area contributed by atoms with Gasteiger partial charge in [-0.1, -0.05) is 41.0 Å². The molecule has 1 aromatic heterocycles. The first-order valence-electron chi connectivity index (χ1n) is 9.70. The summed E-state index contributed by atoms with van der Waals surface area (Å²) in [6.45, 7) is 4.37. The molecule has 174 valence electrons. The lowest BCUT2D eigenvalue weighted by molar-refractivity contribution is -0.113. The molecule has 3 aromatic rings. The molecule has 0 saturated carbocycles. The van der Waals surface area contributed by atoms with Gasteiger partial charge in [-0.25, -0.2) is 0 Å². The highest BCUT2D eigenvalue weighted by molar-refractivity contribution is 7.99. The summed E-state index contributed by atoms with van der Waals surface area (Å²) in [5.74, 6) is 2.09. The van der Waals surface area contributed by atoms with E-state index in [1.165, 1.54) is 18.9 Å². The Hall–Kier alpha value is -2.88. The number of halogens is 2. The lowest BCUT2D eigenvalue weighted by Gasteiger charge is -2.12. The van der Waals surface area contributed by atoms with Crippen LogP contribution in [0.5, 0.6) is 17.2 Å². The standard InChI is InChI=1S/C22H22Cl2N4O4S/c1-4-9-28-20(12-32-18-8-5-14(23)10-16(18)24)26-27-22(28)33-13-21(29)25-17-7-6-15(30-2)11-19(17)31-3/h4-8,10-11H,1,9,12-13H2,2-3H3,(H,25,29). The van der Waals surface area contributed by atoms with Crippen molar-refractivity contribution in [2.45, 2.75) is 18.3 Å². The zero-order valence-electron chi connectivity index (χ0n) is 18.0. The van der Waals surface area contributed by atoms with Gasteiger partial charge < -0.3 is 19.5 Å². The van der Waals surface area contributed by atoms with E-state index in [4.69, 9.17) is 37.4 Å². The van der Waals surface area contributed by atoms with E-state index in [0.717, 1.165) is 0 Å². The van der Waals surface area contributed by atoms with Gasteiger partial charge in [0.05, 0.1) is 30.7 Å². The monoisotopic (exact) mass is 508 g/mol. The number of carbonyl (C=O) groups is 1. The molecule has 2 aromatic carbocycles. The van der Waals surface area contributed by atoms with Crippen molar-refractivity contribution in [2.24, 2.45) is 0 Å². The molecule has 1 N–H and O–H groups in total. The molecule has 0 aliphatic heterocycles. The van der Waals surface area contributed by atoms with Gasteiger partial charge in [-0.15, -0.1) is 16.8 Å². The summed E-state index contributed by atoms with van der Waals surface area (Å²) in [4.78, 5) is 12.5. The summed E-state index contributed by atoms with van der Waals surface area (Å²) in [6.07, 6.45) is 1.72. The molecular formula is C22H22Cl2N4O4S. The van der Waals surface area contributed by atoms with Gasteiger partial charge >= 0.3 is 0 Å². The van der Waals surface area contributed by atoms with Gasteiger partial charge in [0.25, 0.3) is 0 Å². The Bertz CT molecular complexity index is 1140. The van der Waals surface area contributed by atoms with Gasteiger partial charge in [0, 0.05) is 17.6 Å². The second-order valence-electron chi connectivity index (χ2n) is 6.56. The minimum Gasteiger partial charge on any atom is -0.497 e. The first kappa shape index (κ1) is 24.8. The van der Waals surface area contributed by atoms with Crippen molar-refractivity contribution in [1.29, 1.82) is 0 Å². The van der Waals surface area contributed by atoms with Crippen LogP contribution in [0.2, 0.25) is 10.0 Å². The Morgan fingerprint density at radius 1 is 1.15 bits per heavy atom. The van der Waals surface area contributed by atoms with Crippen LogP contribution in [-0.2, 0) is 17.9 Å². The Morgan fingerprint density at radius 2 is 1.97 bits per heavy atom. The molecule has 0 fully saturated rings. The van der Waals surface area contributed by atoms with Gasteiger partial charge in [0.1, 0.15) is 23.9 Å². The van der Waals surface area contributed by atoms with E-state index < -0.39 is 0 Å². The van der Waals surface area contributed by atoms with Crippen LogP contribution < -0.4 is 19.5 Å². The minimum atomic E-state index is -0.220. The molecule has 0 spiro atoms. The molecule has 0 aliphatic carbocycles. The quantitative estimate of drug-likeness (QED) is 0.284. The third-order valence-electron chi connectivity index (χ3n) is 4.37. The van der Waals surface area contributed by atoms with Gasteiger partial charge in [-0.3, -0.25) is 9.36 Å². The Labute approximate surface area is 205 Å². The number of benzene rings is 2. The molecule has 33 heavy (non-hydrogen) atoms. The normalized spacial score (nSPS) is 10.5. The highest BCUT2D eigenvalue weighted by atomic mass is 35.5. The van der Waals surface area contributed by atoms with Gasteiger partial charge in [0.15, 0.2) is 11.0 Å². The Balaban J connectivity index is 1.64. The number of methoxy groups -OCH3 is 2. The molecule has 0 radical (unpaired) electrons. The van der Waals surface area contributed by atoms with Gasteiger partial charge in [-0.05, 0) is 30.3 Å². The van der Waals surface area contributed by atoms with Gasteiger partial charge in [0.2, 0.25) is 5.91 Å². The van der Waals surface area contributed by atoms with E-state index in [1.807, 2.05) is 4.57 Å². The summed E-state index contributed by atoms with van der Waals surface area (Å²) in [6, 6.07) is 10.1. The van der Waals surface area contributed by atoms with Crippen LogP contribution in [0.1, 0.15) is 5.82 Å². The number of nitrogens with one attached hydrogen (secondary N) is 1. The maximum atomic E-state index is 12.5. The predicted octanol–water partition coefficient (Wildman–Crippen LogP) is 5.10. The van der Waals surface area contributed by atoms with E-state index in [0.29, 0.717) is 50.5 Å². The average Bonchev–Trinajstić information content (AvgIpc) is 3.19. The molecule has 8 nitrogen and oxygen atoms in total. The van der Waals surface area contributed by atoms with Crippen LogP contribution in [-0.4, -0.2) is 40.6 Å². The third kappa shape index (κ3) is 6.56. The maximum Gasteiger partial charge on any atom is 0.234 e. The van der Waals surface area contributed by atoms with Crippen molar-refractivity contribution in [1.82, 2.24) is 14.8 Å². The fourth-order valence-corrected chi connectivity index (χ4v) is 4.03. The lowest BCUT2D eigenvalue weighted by Crippen LogP contribution is -2.15. The van der Waals surface area contributed by atoms with Crippen LogP contribution in [0.4, 0.5) is 5.69 Å². The smallest absolute Gasteiger partial charge is 0.234 e. The van der Waals surface area contributed by atoms with Crippen molar-refractivity contribution >= 4 is 46.6 Å². The highest BCUT2D eigenvalue weighted by Gasteiger charge is 2.16. The molecule has 1 amide bonds. The van der Waals surface area contributed by atoms with Crippen LogP contribution in [0, 0.1) is 0 Å². The highest BCUT2D eigenvalue weighted by Crippen LogP contribution is 2.30. The van der Waals surface area contributed by atoms with Crippen molar-refractivity contribution in [2.75, 3.05) is 25.3 Å². The lowest BCUT2D eigenvalue weighted by atomic mass is 10.2.